The van der Waals surface area contributed by atoms with E-state index < -0.39 is 0 Å². The number of carbonyl (C=O) groups is 1. The molecule has 31 heavy (non-hydrogen) atoms. The topological polar surface area (TPSA) is 61.8 Å². The smallest absolute Gasteiger partial charge is 0.226 e. The number of amides is 1. The zero-order valence-corrected chi connectivity index (χ0v) is 17.8. The lowest BCUT2D eigenvalue weighted by Gasteiger charge is -2.41. The Morgan fingerprint density at radius 3 is 2.55 bits per heavy atom. The Bertz CT molecular complexity index is 1030. The Morgan fingerprint density at radius 2 is 1.87 bits per heavy atom. The monoisotopic (exact) mass is 416 g/mol. The molecule has 3 atom stereocenters. The maximum Gasteiger partial charge on any atom is 0.226 e. The Kier molecular flexibility index (Phi) is 5.33. The summed E-state index contributed by atoms with van der Waals surface area (Å²) in [6.45, 7) is 0.842. The van der Waals surface area contributed by atoms with Crippen molar-refractivity contribution >= 4 is 11.6 Å². The summed E-state index contributed by atoms with van der Waals surface area (Å²) in [6.07, 6.45) is 4.09. The molecule has 2 aliphatic heterocycles. The first-order chi connectivity index (χ1) is 15.2. The summed E-state index contributed by atoms with van der Waals surface area (Å²) in [4.78, 5) is 15.2. The highest BCUT2D eigenvalue weighted by Gasteiger charge is 2.47. The Morgan fingerprint density at radius 1 is 1.13 bits per heavy atom. The van der Waals surface area contributed by atoms with Crippen molar-refractivity contribution in [1.29, 1.82) is 0 Å². The van der Waals surface area contributed by atoms with Gasteiger partial charge in [-0.3, -0.25) is 4.79 Å². The van der Waals surface area contributed by atoms with E-state index in [4.69, 9.17) is 4.74 Å². The van der Waals surface area contributed by atoms with Crippen LogP contribution in [0.2, 0.25) is 0 Å². The van der Waals surface area contributed by atoms with Crippen molar-refractivity contribution in [3.8, 4) is 17.6 Å². The number of anilines is 1. The third-order valence-corrected chi connectivity index (χ3v) is 7.05. The number of hydrogen-bond donors (Lipinski definition) is 2. The lowest BCUT2D eigenvalue weighted by molar-refractivity contribution is -0.139. The molecule has 1 saturated carbocycles. The summed E-state index contributed by atoms with van der Waals surface area (Å²) in [6, 6.07) is 13.9. The Hall–Kier alpha value is -2.97. The highest BCUT2D eigenvalue weighted by Crippen LogP contribution is 2.48. The predicted molar refractivity (Wildman–Crippen MR) is 120 cm³/mol. The van der Waals surface area contributed by atoms with Crippen molar-refractivity contribution in [2.24, 2.45) is 11.8 Å². The first-order valence-electron chi connectivity index (χ1n) is 11.2. The zero-order valence-electron chi connectivity index (χ0n) is 17.8. The van der Waals surface area contributed by atoms with Crippen LogP contribution in [-0.4, -0.2) is 42.2 Å². The largest absolute Gasteiger partial charge is 0.497 e. The summed E-state index contributed by atoms with van der Waals surface area (Å²) in [5, 5.41) is 13.5. The van der Waals surface area contributed by atoms with Gasteiger partial charge in [0.1, 0.15) is 5.75 Å². The van der Waals surface area contributed by atoms with Crippen molar-refractivity contribution < 1.29 is 14.6 Å². The van der Waals surface area contributed by atoms with Crippen LogP contribution in [0.3, 0.4) is 0 Å². The number of carbonyl (C=O) groups excluding carboxylic acids is 1. The molecule has 5 nitrogen and oxygen atoms in total. The molecule has 5 heteroatoms. The van der Waals surface area contributed by atoms with Crippen LogP contribution in [0.4, 0.5) is 5.69 Å². The van der Waals surface area contributed by atoms with Gasteiger partial charge in [-0.25, -0.2) is 0 Å². The minimum atomic E-state index is -0.0204. The van der Waals surface area contributed by atoms with Crippen LogP contribution in [0, 0.1) is 23.7 Å². The van der Waals surface area contributed by atoms with Gasteiger partial charge < -0.3 is 20.1 Å². The number of hydrogen-bond acceptors (Lipinski definition) is 4. The summed E-state index contributed by atoms with van der Waals surface area (Å²) in [5.41, 5.74) is 3.99. The van der Waals surface area contributed by atoms with E-state index in [0.717, 1.165) is 60.4 Å². The first kappa shape index (κ1) is 20.0. The molecule has 2 fully saturated rings. The molecule has 0 spiro atoms. The van der Waals surface area contributed by atoms with Gasteiger partial charge in [0.25, 0.3) is 0 Å². The zero-order chi connectivity index (χ0) is 21.4. The lowest BCUT2D eigenvalue weighted by atomic mass is 9.81. The minimum absolute atomic E-state index is 0.0178. The molecule has 1 saturated heterocycles. The van der Waals surface area contributed by atoms with Crippen molar-refractivity contribution in [2.45, 2.75) is 37.8 Å². The second-order valence-electron chi connectivity index (χ2n) is 8.77. The number of aliphatic hydroxyl groups is 1. The number of nitrogens with one attached hydrogen (secondary N) is 1. The van der Waals surface area contributed by atoms with Crippen LogP contribution in [0.5, 0.6) is 5.75 Å². The predicted octanol–water partition coefficient (Wildman–Crippen LogP) is 3.57. The van der Waals surface area contributed by atoms with Crippen molar-refractivity contribution in [3.05, 3.63) is 59.2 Å². The number of likely N-dealkylation sites (tertiary alicyclic amines) is 1. The minimum Gasteiger partial charge on any atom is -0.497 e. The van der Waals surface area contributed by atoms with E-state index in [1.54, 1.807) is 7.11 Å². The maximum atomic E-state index is 13.1. The SMILES string of the molecule is COc1ccc(C#Cc2ccc3c(c2)[C@H]2[C@H](CCN2C(=O)C2CCC2)[C@H](CO)N3)cc1. The fourth-order valence-electron chi connectivity index (χ4n) is 5.10. The van der Waals surface area contributed by atoms with Crippen molar-refractivity contribution in [1.82, 2.24) is 4.90 Å². The molecule has 0 aromatic heterocycles. The highest BCUT2D eigenvalue weighted by molar-refractivity contribution is 5.81. The third-order valence-electron chi connectivity index (χ3n) is 7.05. The number of fused-ring (bicyclic) bond motifs is 3. The van der Waals surface area contributed by atoms with Crippen molar-refractivity contribution in [3.63, 3.8) is 0 Å². The summed E-state index contributed by atoms with van der Waals surface area (Å²) in [7, 11) is 1.65. The van der Waals surface area contributed by atoms with E-state index in [9.17, 15) is 9.90 Å². The molecule has 0 radical (unpaired) electrons. The number of rotatable bonds is 3. The molecular formula is C26H28N2O3. The highest BCUT2D eigenvalue weighted by atomic mass is 16.5. The van der Waals surface area contributed by atoms with E-state index in [2.05, 4.69) is 28.1 Å². The van der Waals surface area contributed by atoms with Crippen LogP contribution in [0.15, 0.2) is 42.5 Å². The second-order valence-corrected chi connectivity index (χ2v) is 8.77. The fraction of sp³-hybridized carbons (Fsp3) is 0.423. The fourth-order valence-corrected chi connectivity index (χ4v) is 5.10. The normalized spacial score (nSPS) is 24.2. The van der Waals surface area contributed by atoms with Gasteiger partial charge in [0.15, 0.2) is 0 Å². The van der Waals surface area contributed by atoms with Gasteiger partial charge in [-0.05, 0) is 67.3 Å². The molecule has 160 valence electrons. The average molecular weight is 417 g/mol. The molecule has 1 amide bonds. The Labute approximate surface area is 183 Å². The standard InChI is InChI=1S/C26H28N2O3/c1-31-20-10-7-17(8-11-20)5-6-18-9-12-23-22(15-18)25-21(24(16-29)27-23)13-14-28(25)26(30)19-3-2-4-19/h7-12,15,19,21,24-25,27,29H,2-4,13-14,16H2,1H3/t21-,24+,25-/m1/s1. The molecular weight excluding hydrogens is 388 g/mol. The number of aliphatic hydroxyl groups excluding tert-OH is 1. The van der Waals surface area contributed by atoms with E-state index >= 15 is 0 Å². The molecule has 3 aliphatic rings. The van der Waals surface area contributed by atoms with Crippen molar-refractivity contribution in [2.75, 3.05) is 25.6 Å². The number of nitrogens with zero attached hydrogens (tertiary/aromatic N) is 1. The third kappa shape index (κ3) is 3.66. The summed E-state index contributed by atoms with van der Waals surface area (Å²) in [5.74, 6) is 8.01. The number of methoxy groups -OCH3 is 1. The van der Waals surface area contributed by atoms with Crippen LogP contribution < -0.4 is 10.1 Å². The van der Waals surface area contributed by atoms with Gasteiger partial charge in [-0.2, -0.15) is 0 Å². The molecule has 1 aliphatic carbocycles. The van der Waals surface area contributed by atoms with Crippen LogP contribution >= 0.6 is 0 Å². The first-order valence-corrected chi connectivity index (χ1v) is 11.2. The molecule has 2 aromatic rings. The van der Waals surface area contributed by atoms with Crippen LogP contribution in [0.25, 0.3) is 0 Å². The van der Waals surface area contributed by atoms with E-state index in [0.29, 0.717) is 0 Å². The lowest BCUT2D eigenvalue weighted by Crippen LogP contribution is -2.45. The van der Waals surface area contributed by atoms with Gasteiger partial charge in [0.05, 0.1) is 25.8 Å². The van der Waals surface area contributed by atoms with Gasteiger partial charge >= 0.3 is 0 Å². The summed E-state index contributed by atoms with van der Waals surface area (Å²) >= 11 is 0. The quantitative estimate of drug-likeness (QED) is 0.751. The van der Waals surface area contributed by atoms with E-state index in [1.165, 1.54) is 0 Å². The molecule has 2 N–H and O–H groups in total. The molecule has 0 unspecified atom stereocenters. The van der Waals surface area contributed by atoms with Crippen LogP contribution in [0.1, 0.15) is 48.4 Å². The summed E-state index contributed by atoms with van der Waals surface area (Å²) < 4.78 is 5.21. The maximum absolute atomic E-state index is 13.1. The van der Waals surface area contributed by atoms with Gasteiger partial charge in [-0.15, -0.1) is 0 Å². The number of ether oxygens (including phenoxy) is 1. The van der Waals surface area contributed by atoms with Crippen LogP contribution in [-0.2, 0) is 4.79 Å². The molecule has 2 aromatic carbocycles. The molecule has 5 rings (SSSR count). The van der Waals surface area contributed by atoms with E-state index in [-0.39, 0.29) is 36.4 Å². The van der Waals surface area contributed by atoms with Gasteiger partial charge in [-0.1, -0.05) is 18.3 Å². The Balaban J connectivity index is 1.46. The van der Waals surface area contributed by atoms with E-state index in [1.807, 2.05) is 36.4 Å². The molecule has 0 bridgehead atoms. The van der Waals surface area contributed by atoms with Gasteiger partial charge in [0, 0.05) is 35.2 Å². The van der Waals surface area contributed by atoms with Gasteiger partial charge in [0.2, 0.25) is 5.91 Å². The number of benzene rings is 2. The molecule has 2 heterocycles. The second kappa shape index (κ2) is 8.28. The average Bonchev–Trinajstić information content (AvgIpc) is 3.22.